The molecule has 0 saturated heterocycles. The van der Waals surface area contributed by atoms with Crippen LogP contribution in [0.15, 0.2) is 30.7 Å². The van der Waals surface area contributed by atoms with E-state index in [2.05, 4.69) is 25.0 Å². The minimum Gasteiger partial charge on any atom is -0.464 e. The van der Waals surface area contributed by atoms with Crippen molar-refractivity contribution in [3.8, 4) is 0 Å². The first kappa shape index (κ1) is 12.9. The van der Waals surface area contributed by atoms with Crippen molar-refractivity contribution in [2.45, 2.75) is 13.5 Å². The standard InChI is InChI=1S/C13H14N4O2/c1-9-4-3-5-14-10(9)6-16-12-8-15-11(7-17-12)13(18)19-2/h3-5,7-8H,6H2,1-2H3,(H,16,17). The largest absolute Gasteiger partial charge is 0.464 e. The molecule has 19 heavy (non-hydrogen) atoms. The molecule has 0 saturated carbocycles. The molecule has 0 bridgehead atoms. The highest BCUT2D eigenvalue weighted by molar-refractivity contribution is 5.86. The van der Waals surface area contributed by atoms with Gasteiger partial charge >= 0.3 is 5.97 Å². The van der Waals surface area contributed by atoms with Crippen molar-refractivity contribution in [2.75, 3.05) is 12.4 Å². The van der Waals surface area contributed by atoms with Gasteiger partial charge in [-0.05, 0) is 18.6 Å². The Morgan fingerprint density at radius 3 is 2.79 bits per heavy atom. The van der Waals surface area contributed by atoms with Gasteiger partial charge in [-0.3, -0.25) is 4.98 Å². The van der Waals surface area contributed by atoms with E-state index in [9.17, 15) is 4.79 Å². The number of carbonyl (C=O) groups excluding carboxylic acids is 1. The lowest BCUT2D eigenvalue weighted by molar-refractivity contribution is 0.0593. The molecule has 0 amide bonds. The lowest BCUT2D eigenvalue weighted by Gasteiger charge is -2.07. The molecule has 0 fully saturated rings. The van der Waals surface area contributed by atoms with E-state index in [0.717, 1.165) is 11.3 Å². The summed E-state index contributed by atoms with van der Waals surface area (Å²) in [5.41, 5.74) is 2.23. The van der Waals surface area contributed by atoms with Crippen molar-refractivity contribution in [2.24, 2.45) is 0 Å². The van der Waals surface area contributed by atoms with Crippen LogP contribution in [0.4, 0.5) is 5.82 Å². The average molecular weight is 258 g/mol. The molecule has 0 atom stereocenters. The quantitative estimate of drug-likeness (QED) is 0.839. The molecule has 2 aromatic heterocycles. The summed E-state index contributed by atoms with van der Waals surface area (Å²) in [4.78, 5) is 23.5. The average Bonchev–Trinajstić information content (AvgIpc) is 2.46. The van der Waals surface area contributed by atoms with Gasteiger partial charge < -0.3 is 10.1 Å². The third-order valence-electron chi connectivity index (χ3n) is 2.60. The molecule has 0 aliphatic rings. The zero-order chi connectivity index (χ0) is 13.7. The number of ether oxygens (including phenoxy) is 1. The van der Waals surface area contributed by atoms with E-state index in [1.54, 1.807) is 6.20 Å². The Hall–Kier alpha value is -2.50. The van der Waals surface area contributed by atoms with Crippen LogP contribution in [0, 0.1) is 6.92 Å². The second kappa shape index (κ2) is 5.90. The molecule has 2 heterocycles. The normalized spacial score (nSPS) is 10.0. The highest BCUT2D eigenvalue weighted by Crippen LogP contribution is 2.07. The van der Waals surface area contributed by atoms with Gasteiger partial charge in [0.1, 0.15) is 5.82 Å². The molecule has 6 nitrogen and oxygen atoms in total. The summed E-state index contributed by atoms with van der Waals surface area (Å²) in [5, 5.41) is 3.10. The zero-order valence-electron chi connectivity index (χ0n) is 10.8. The van der Waals surface area contributed by atoms with Gasteiger partial charge in [-0.2, -0.15) is 0 Å². The Morgan fingerprint density at radius 2 is 2.16 bits per heavy atom. The van der Waals surface area contributed by atoms with Crippen molar-refractivity contribution < 1.29 is 9.53 Å². The van der Waals surface area contributed by atoms with Crippen LogP contribution in [0.2, 0.25) is 0 Å². The number of esters is 1. The molecule has 0 aliphatic heterocycles. The van der Waals surface area contributed by atoms with E-state index in [0.29, 0.717) is 12.4 Å². The maximum Gasteiger partial charge on any atom is 0.358 e. The number of methoxy groups -OCH3 is 1. The first-order chi connectivity index (χ1) is 9.20. The summed E-state index contributed by atoms with van der Waals surface area (Å²) in [6.45, 7) is 2.55. The minimum absolute atomic E-state index is 0.182. The first-order valence-corrected chi connectivity index (χ1v) is 5.75. The van der Waals surface area contributed by atoms with E-state index >= 15 is 0 Å². The fraction of sp³-hybridized carbons (Fsp3) is 0.231. The Labute approximate surface area is 110 Å². The molecule has 0 spiro atoms. The summed E-state index contributed by atoms with van der Waals surface area (Å²) in [6, 6.07) is 3.89. The highest BCUT2D eigenvalue weighted by Gasteiger charge is 2.07. The van der Waals surface area contributed by atoms with Gasteiger partial charge in [0.25, 0.3) is 0 Å². The number of anilines is 1. The Morgan fingerprint density at radius 1 is 1.32 bits per heavy atom. The second-order valence-corrected chi connectivity index (χ2v) is 3.90. The molecule has 0 aliphatic carbocycles. The number of pyridine rings is 1. The molecule has 1 N–H and O–H groups in total. The van der Waals surface area contributed by atoms with Gasteiger partial charge in [0.05, 0.1) is 31.7 Å². The number of hydrogen-bond acceptors (Lipinski definition) is 6. The van der Waals surface area contributed by atoms with Crippen molar-refractivity contribution in [1.29, 1.82) is 0 Å². The van der Waals surface area contributed by atoms with Crippen LogP contribution in [0.3, 0.4) is 0 Å². The molecule has 2 aromatic rings. The van der Waals surface area contributed by atoms with Crippen LogP contribution in [0.1, 0.15) is 21.7 Å². The van der Waals surface area contributed by atoms with Crippen LogP contribution < -0.4 is 5.32 Å². The van der Waals surface area contributed by atoms with Crippen LogP contribution in [0.5, 0.6) is 0 Å². The number of carbonyl (C=O) groups is 1. The van der Waals surface area contributed by atoms with E-state index in [1.165, 1.54) is 19.5 Å². The highest BCUT2D eigenvalue weighted by atomic mass is 16.5. The van der Waals surface area contributed by atoms with Crippen LogP contribution in [-0.4, -0.2) is 28.0 Å². The molecule has 0 aromatic carbocycles. The third-order valence-corrected chi connectivity index (χ3v) is 2.60. The first-order valence-electron chi connectivity index (χ1n) is 5.75. The van der Waals surface area contributed by atoms with Gasteiger partial charge in [0, 0.05) is 6.20 Å². The van der Waals surface area contributed by atoms with Gasteiger partial charge in [-0.15, -0.1) is 0 Å². The summed E-state index contributed by atoms with van der Waals surface area (Å²) in [6.07, 6.45) is 4.61. The fourth-order valence-corrected chi connectivity index (χ4v) is 1.51. The number of aryl methyl sites for hydroxylation is 1. The Kier molecular flexibility index (Phi) is 4.02. The van der Waals surface area contributed by atoms with Crippen molar-refractivity contribution in [3.05, 3.63) is 47.7 Å². The summed E-state index contributed by atoms with van der Waals surface area (Å²) >= 11 is 0. The number of nitrogens with one attached hydrogen (secondary N) is 1. The van der Waals surface area contributed by atoms with Gasteiger partial charge in [0.15, 0.2) is 5.69 Å². The van der Waals surface area contributed by atoms with E-state index < -0.39 is 5.97 Å². The zero-order valence-corrected chi connectivity index (χ0v) is 10.8. The topological polar surface area (TPSA) is 77.0 Å². The Balaban J connectivity index is 2.01. The lowest BCUT2D eigenvalue weighted by Crippen LogP contribution is -2.08. The maximum absolute atomic E-state index is 11.2. The smallest absolute Gasteiger partial charge is 0.358 e. The number of aromatic nitrogens is 3. The van der Waals surface area contributed by atoms with E-state index in [4.69, 9.17) is 0 Å². The van der Waals surface area contributed by atoms with Gasteiger partial charge in [-0.25, -0.2) is 14.8 Å². The summed E-state index contributed by atoms with van der Waals surface area (Å²) in [5.74, 6) is 0.0809. The number of rotatable bonds is 4. The predicted octanol–water partition coefficient (Wildman–Crippen LogP) is 1.58. The van der Waals surface area contributed by atoms with Gasteiger partial charge in [-0.1, -0.05) is 6.07 Å². The molecular weight excluding hydrogens is 244 g/mol. The summed E-state index contributed by atoms with van der Waals surface area (Å²) in [7, 11) is 1.31. The molecule has 0 radical (unpaired) electrons. The lowest BCUT2D eigenvalue weighted by atomic mass is 10.2. The van der Waals surface area contributed by atoms with Crippen LogP contribution in [0.25, 0.3) is 0 Å². The molecule has 98 valence electrons. The van der Waals surface area contributed by atoms with Crippen LogP contribution >= 0.6 is 0 Å². The SMILES string of the molecule is COC(=O)c1cnc(NCc2ncccc2C)cn1. The van der Waals surface area contributed by atoms with Crippen molar-refractivity contribution in [1.82, 2.24) is 15.0 Å². The molecule has 6 heteroatoms. The molecular formula is C13H14N4O2. The minimum atomic E-state index is -0.500. The monoisotopic (exact) mass is 258 g/mol. The molecule has 2 rings (SSSR count). The van der Waals surface area contributed by atoms with Crippen molar-refractivity contribution in [3.63, 3.8) is 0 Å². The maximum atomic E-state index is 11.2. The van der Waals surface area contributed by atoms with E-state index in [-0.39, 0.29) is 5.69 Å². The van der Waals surface area contributed by atoms with E-state index in [1.807, 2.05) is 19.1 Å². The van der Waals surface area contributed by atoms with Gasteiger partial charge in [0.2, 0.25) is 0 Å². The summed E-state index contributed by atoms with van der Waals surface area (Å²) < 4.78 is 4.55. The van der Waals surface area contributed by atoms with Crippen LogP contribution in [-0.2, 0) is 11.3 Å². The Bertz CT molecular complexity index is 569. The third kappa shape index (κ3) is 3.25. The fourth-order valence-electron chi connectivity index (χ4n) is 1.51. The van der Waals surface area contributed by atoms with Crippen molar-refractivity contribution >= 4 is 11.8 Å². The number of nitrogens with zero attached hydrogens (tertiary/aromatic N) is 3. The predicted molar refractivity (Wildman–Crippen MR) is 69.7 cm³/mol. The molecule has 0 unspecified atom stereocenters. The number of hydrogen-bond donors (Lipinski definition) is 1. The second-order valence-electron chi connectivity index (χ2n) is 3.90.